The van der Waals surface area contributed by atoms with Crippen LogP contribution in [0.25, 0.3) is 6.08 Å². The van der Waals surface area contributed by atoms with Crippen molar-refractivity contribution in [2.75, 3.05) is 12.0 Å². The molecule has 0 aliphatic carbocycles. The quantitative estimate of drug-likeness (QED) is 0.372. The molecule has 1 N–H and O–H groups in total. The molecule has 0 saturated carbocycles. The van der Waals surface area contributed by atoms with Crippen LogP contribution in [0.1, 0.15) is 11.1 Å². The number of methoxy groups -OCH3 is 1. The average molecular weight is 497 g/mol. The Morgan fingerprint density at radius 1 is 0.971 bits per heavy atom. The predicted molar refractivity (Wildman–Crippen MR) is 129 cm³/mol. The van der Waals surface area contributed by atoms with Crippen LogP contribution in [-0.4, -0.2) is 25.0 Å². The molecule has 0 radical (unpaired) electrons. The number of nitrogens with zero attached hydrogens (tertiary/aromatic N) is 1. The van der Waals surface area contributed by atoms with Crippen LogP contribution in [-0.2, 0) is 16.2 Å². The first-order valence-corrected chi connectivity index (χ1v) is 10.8. The number of hydrogen-bond donors (Lipinski definition) is 1. The third kappa shape index (κ3) is 4.90. The van der Waals surface area contributed by atoms with Crippen LogP contribution in [0.3, 0.4) is 0 Å². The highest BCUT2D eigenvalue weighted by atomic mass is 35.5. The van der Waals surface area contributed by atoms with Gasteiger partial charge in [0.2, 0.25) is 0 Å². The molecular formula is C25H18Cl2N2O5. The summed E-state index contributed by atoms with van der Waals surface area (Å²) in [5.74, 6) is -0.701. The first kappa shape index (κ1) is 23.4. The lowest BCUT2D eigenvalue weighted by Gasteiger charge is -2.26. The van der Waals surface area contributed by atoms with Gasteiger partial charge in [0.05, 0.1) is 12.8 Å². The molecule has 1 fully saturated rings. The van der Waals surface area contributed by atoms with Gasteiger partial charge in [0.1, 0.15) is 23.7 Å². The Morgan fingerprint density at radius 2 is 1.71 bits per heavy atom. The number of benzene rings is 3. The standard InChI is InChI=1S/C25H18Cl2N2O5/c1-33-19-11-6-15(22(13-19)34-14-16-4-2-3-5-21(16)27)12-20-23(30)28-25(32)29(24(20)31)18-9-7-17(26)8-10-18/h2-13H,14H2,1H3,(H,28,30,32)/b20-12+. The highest BCUT2D eigenvalue weighted by Crippen LogP contribution is 2.30. The van der Waals surface area contributed by atoms with E-state index in [0.717, 1.165) is 10.5 Å². The second kappa shape index (κ2) is 9.99. The van der Waals surface area contributed by atoms with Gasteiger partial charge < -0.3 is 9.47 Å². The van der Waals surface area contributed by atoms with Crippen LogP contribution in [0.2, 0.25) is 10.0 Å². The Kier molecular flexibility index (Phi) is 6.86. The Hall–Kier alpha value is -3.81. The van der Waals surface area contributed by atoms with Crippen LogP contribution in [0.5, 0.6) is 11.5 Å². The zero-order valence-electron chi connectivity index (χ0n) is 17.9. The van der Waals surface area contributed by atoms with Crippen LogP contribution in [0.15, 0.2) is 72.3 Å². The molecule has 172 valence electrons. The van der Waals surface area contributed by atoms with E-state index < -0.39 is 17.8 Å². The van der Waals surface area contributed by atoms with Gasteiger partial charge in [0, 0.05) is 27.2 Å². The van der Waals surface area contributed by atoms with Gasteiger partial charge in [-0.1, -0.05) is 41.4 Å². The number of anilines is 1. The average Bonchev–Trinajstić information content (AvgIpc) is 2.82. The smallest absolute Gasteiger partial charge is 0.335 e. The maximum atomic E-state index is 13.2. The van der Waals surface area contributed by atoms with Crippen molar-refractivity contribution in [3.05, 3.63) is 93.5 Å². The minimum atomic E-state index is -0.848. The Bertz CT molecular complexity index is 1300. The minimum Gasteiger partial charge on any atom is -0.497 e. The molecule has 34 heavy (non-hydrogen) atoms. The number of hydrogen-bond acceptors (Lipinski definition) is 5. The van der Waals surface area contributed by atoms with Gasteiger partial charge in [0.25, 0.3) is 11.8 Å². The van der Waals surface area contributed by atoms with E-state index in [2.05, 4.69) is 5.32 Å². The molecule has 7 nitrogen and oxygen atoms in total. The Morgan fingerprint density at radius 3 is 2.41 bits per heavy atom. The molecule has 1 saturated heterocycles. The lowest BCUT2D eigenvalue weighted by Crippen LogP contribution is -2.54. The van der Waals surface area contributed by atoms with Gasteiger partial charge in [-0.2, -0.15) is 0 Å². The SMILES string of the molecule is COc1ccc(/C=C2\C(=O)NC(=O)N(c3ccc(Cl)cc3)C2=O)c(OCc2ccccc2Cl)c1. The molecule has 1 aliphatic heterocycles. The molecule has 3 aromatic rings. The van der Waals surface area contributed by atoms with Crippen molar-refractivity contribution in [3.63, 3.8) is 0 Å². The number of halogens is 2. The van der Waals surface area contributed by atoms with Crippen LogP contribution in [0.4, 0.5) is 10.5 Å². The Balaban J connectivity index is 1.69. The van der Waals surface area contributed by atoms with Gasteiger partial charge >= 0.3 is 6.03 Å². The van der Waals surface area contributed by atoms with E-state index in [9.17, 15) is 14.4 Å². The lowest BCUT2D eigenvalue weighted by atomic mass is 10.1. The fourth-order valence-corrected chi connectivity index (χ4v) is 3.61. The fraction of sp³-hybridized carbons (Fsp3) is 0.0800. The van der Waals surface area contributed by atoms with Gasteiger partial charge in [-0.3, -0.25) is 14.9 Å². The van der Waals surface area contributed by atoms with Crippen LogP contribution >= 0.6 is 23.2 Å². The van der Waals surface area contributed by atoms with Crippen molar-refractivity contribution in [1.29, 1.82) is 0 Å². The molecule has 1 aliphatic rings. The molecule has 4 amide bonds. The van der Waals surface area contributed by atoms with Gasteiger partial charge in [-0.05, 0) is 48.5 Å². The molecule has 9 heteroatoms. The van der Waals surface area contributed by atoms with Crippen LogP contribution in [0, 0.1) is 0 Å². The topological polar surface area (TPSA) is 84.9 Å². The molecule has 0 spiro atoms. The number of imide groups is 2. The predicted octanol–water partition coefficient (Wildman–Crippen LogP) is 5.25. The molecule has 0 aromatic heterocycles. The summed E-state index contributed by atoms with van der Waals surface area (Å²) in [4.78, 5) is 39.0. The third-order valence-corrected chi connectivity index (χ3v) is 5.67. The van der Waals surface area contributed by atoms with E-state index in [4.69, 9.17) is 32.7 Å². The van der Waals surface area contributed by atoms with E-state index >= 15 is 0 Å². The first-order chi connectivity index (χ1) is 16.4. The Labute approximate surface area is 205 Å². The number of urea groups is 1. The largest absolute Gasteiger partial charge is 0.497 e. The number of ether oxygens (including phenoxy) is 2. The molecule has 0 atom stereocenters. The number of carbonyl (C=O) groups excluding carboxylic acids is 3. The van der Waals surface area contributed by atoms with Crippen LogP contribution < -0.4 is 19.7 Å². The second-order valence-electron chi connectivity index (χ2n) is 7.22. The highest BCUT2D eigenvalue weighted by molar-refractivity contribution is 6.39. The first-order valence-electron chi connectivity index (χ1n) is 10.1. The molecule has 0 bridgehead atoms. The van der Waals surface area contributed by atoms with E-state index in [-0.39, 0.29) is 17.9 Å². The van der Waals surface area contributed by atoms with Crippen molar-refractivity contribution in [2.45, 2.75) is 6.61 Å². The number of rotatable bonds is 6. The summed E-state index contributed by atoms with van der Waals surface area (Å²) in [6.45, 7) is 0.151. The molecular weight excluding hydrogens is 479 g/mol. The zero-order chi connectivity index (χ0) is 24.2. The summed E-state index contributed by atoms with van der Waals surface area (Å²) >= 11 is 12.1. The molecule has 1 heterocycles. The van der Waals surface area contributed by atoms with E-state index in [1.807, 2.05) is 18.2 Å². The lowest BCUT2D eigenvalue weighted by molar-refractivity contribution is -0.122. The van der Waals surface area contributed by atoms with Crippen molar-refractivity contribution in [2.24, 2.45) is 0 Å². The highest BCUT2D eigenvalue weighted by Gasteiger charge is 2.37. The van der Waals surface area contributed by atoms with Gasteiger partial charge in [0.15, 0.2) is 0 Å². The van der Waals surface area contributed by atoms with Crippen molar-refractivity contribution < 1.29 is 23.9 Å². The van der Waals surface area contributed by atoms with E-state index in [0.29, 0.717) is 27.1 Å². The second-order valence-corrected chi connectivity index (χ2v) is 8.06. The molecule has 0 unspecified atom stereocenters. The van der Waals surface area contributed by atoms with Crippen molar-refractivity contribution in [3.8, 4) is 11.5 Å². The summed E-state index contributed by atoms with van der Waals surface area (Å²) in [5, 5.41) is 3.18. The monoisotopic (exact) mass is 496 g/mol. The number of amides is 4. The fourth-order valence-electron chi connectivity index (χ4n) is 3.29. The minimum absolute atomic E-state index is 0.151. The molecule has 4 rings (SSSR count). The van der Waals surface area contributed by atoms with E-state index in [1.165, 1.54) is 25.3 Å². The normalized spacial score (nSPS) is 14.9. The maximum Gasteiger partial charge on any atom is 0.335 e. The van der Waals surface area contributed by atoms with Crippen molar-refractivity contribution in [1.82, 2.24) is 5.32 Å². The molecule has 3 aromatic carbocycles. The zero-order valence-corrected chi connectivity index (χ0v) is 19.4. The summed E-state index contributed by atoms with van der Waals surface area (Å²) in [6.07, 6.45) is 1.37. The van der Waals surface area contributed by atoms with E-state index in [1.54, 1.807) is 36.4 Å². The summed E-state index contributed by atoms with van der Waals surface area (Å²) in [6, 6.07) is 17.5. The van der Waals surface area contributed by atoms with Crippen molar-refractivity contribution >= 4 is 52.8 Å². The summed E-state index contributed by atoms with van der Waals surface area (Å²) in [5.41, 5.74) is 1.24. The number of carbonyl (C=O) groups is 3. The number of barbiturate groups is 1. The summed E-state index contributed by atoms with van der Waals surface area (Å²) < 4.78 is 11.2. The number of nitrogens with one attached hydrogen (secondary N) is 1. The summed E-state index contributed by atoms with van der Waals surface area (Å²) in [7, 11) is 1.51. The third-order valence-electron chi connectivity index (χ3n) is 5.05. The maximum absolute atomic E-state index is 13.2. The van der Waals surface area contributed by atoms with Gasteiger partial charge in [-0.25, -0.2) is 9.69 Å². The van der Waals surface area contributed by atoms with Gasteiger partial charge in [-0.15, -0.1) is 0 Å².